The lowest BCUT2D eigenvalue weighted by molar-refractivity contribution is 0.557. The molecule has 1 unspecified atom stereocenters. The third-order valence-electron chi connectivity index (χ3n) is 3.71. The van der Waals surface area contributed by atoms with Crippen LogP contribution in [-0.2, 0) is 6.54 Å². The van der Waals surface area contributed by atoms with E-state index in [1.165, 1.54) is 19.3 Å². The number of anilines is 1. The van der Waals surface area contributed by atoms with Gasteiger partial charge in [-0.25, -0.2) is 4.98 Å². The predicted octanol–water partition coefficient (Wildman–Crippen LogP) is 3.47. The Bertz CT molecular complexity index is 418. The number of hydrogen-bond acceptors (Lipinski definition) is 3. The van der Waals surface area contributed by atoms with Gasteiger partial charge < -0.3 is 10.2 Å². The number of aromatic nitrogens is 1. The van der Waals surface area contributed by atoms with Crippen LogP contribution in [0.5, 0.6) is 0 Å². The summed E-state index contributed by atoms with van der Waals surface area (Å²) in [5, 5.41) is 4.22. The van der Waals surface area contributed by atoms with E-state index in [2.05, 4.69) is 31.1 Å². The predicted molar refractivity (Wildman–Crippen MR) is 81.8 cm³/mol. The second-order valence-electron chi connectivity index (χ2n) is 5.65. The number of hydrogen-bond donors (Lipinski definition) is 1. The van der Waals surface area contributed by atoms with Crippen molar-refractivity contribution < 1.29 is 0 Å². The van der Waals surface area contributed by atoms with Crippen molar-refractivity contribution in [2.24, 2.45) is 5.92 Å². The highest BCUT2D eigenvalue weighted by molar-refractivity contribution is 6.31. The molecule has 1 N–H and O–H groups in total. The van der Waals surface area contributed by atoms with E-state index >= 15 is 0 Å². The second kappa shape index (κ2) is 6.58. The van der Waals surface area contributed by atoms with Crippen LogP contribution in [0.3, 0.4) is 0 Å². The van der Waals surface area contributed by atoms with Gasteiger partial charge >= 0.3 is 0 Å². The van der Waals surface area contributed by atoms with E-state index in [0.717, 1.165) is 29.6 Å². The zero-order chi connectivity index (χ0) is 13.8. The maximum absolute atomic E-state index is 6.22. The lowest BCUT2D eigenvalue weighted by Gasteiger charge is -2.22. The molecule has 0 amide bonds. The third-order valence-corrected chi connectivity index (χ3v) is 4.06. The summed E-state index contributed by atoms with van der Waals surface area (Å²) in [4.78, 5) is 6.90. The topological polar surface area (TPSA) is 28.2 Å². The lowest BCUT2D eigenvalue weighted by Crippen LogP contribution is -2.25. The fourth-order valence-corrected chi connectivity index (χ4v) is 2.20. The van der Waals surface area contributed by atoms with Gasteiger partial charge in [0.05, 0.1) is 10.7 Å². The first-order valence-electron chi connectivity index (χ1n) is 7.20. The van der Waals surface area contributed by atoms with Crippen molar-refractivity contribution in [1.29, 1.82) is 0 Å². The zero-order valence-electron chi connectivity index (χ0n) is 12.1. The monoisotopic (exact) mass is 281 g/mol. The SMILES string of the molecule is CCC(C)CN(C)c1ccc(Cl)c(CNC2CC2)n1. The summed E-state index contributed by atoms with van der Waals surface area (Å²) < 4.78 is 0. The van der Waals surface area contributed by atoms with Crippen molar-refractivity contribution in [2.45, 2.75) is 45.7 Å². The van der Waals surface area contributed by atoms with Crippen molar-refractivity contribution >= 4 is 17.4 Å². The molecule has 0 aromatic carbocycles. The van der Waals surface area contributed by atoms with Gasteiger partial charge in [0.1, 0.15) is 5.82 Å². The van der Waals surface area contributed by atoms with E-state index in [1.807, 2.05) is 12.1 Å². The molecule has 1 aromatic rings. The molecule has 1 aromatic heterocycles. The first-order chi connectivity index (χ1) is 9.10. The van der Waals surface area contributed by atoms with Crippen LogP contribution in [0.2, 0.25) is 5.02 Å². The summed E-state index contributed by atoms with van der Waals surface area (Å²) in [7, 11) is 2.10. The maximum Gasteiger partial charge on any atom is 0.128 e. The quantitative estimate of drug-likeness (QED) is 0.829. The fraction of sp³-hybridized carbons (Fsp3) is 0.667. The first kappa shape index (κ1) is 14.6. The number of halogens is 1. The Kier molecular flexibility index (Phi) is 5.06. The van der Waals surface area contributed by atoms with Gasteiger partial charge in [0.2, 0.25) is 0 Å². The molecular weight excluding hydrogens is 258 g/mol. The molecule has 0 saturated heterocycles. The zero-order valence-corrected chi connectivity index (χ0v) is 12.9. The largest absolute Gasteiger partial charge is 0.359 e. The van der Waals surface area contributed by atoms with Crippen LogP contribution in [0.25, 0.3) is 0 Å². The molecule has 2 rings (SSSR count). The van der Waals surface area contributed by atoms with Crippen LogP contribution in [0, 0.1) is 5.92 Å². The van der Waals surface area contributed by atoms with Crippen LogP contribution in [0.15, 0.2) is 12.1 Å². The lowest BCUT2D eigenvalue weighted by atomic mass is 10.1. The molecule has 0 bridgehead atoms. The van der Waals surface area contributed by atoms with Gasteiger partial charge in [-0.05, 0) is 30.9 Å². The van der Waals surface area contributed by atoms with Crippen molar-refractivity contribution in [3.05, 3.63) is 22.8 Å². The van der Waals surface area contributed by atoms with E-state index in [4.69, 9.17) is 16.6 Å². The third kappa shape index (κ3) is 4.36. The Morgan fingerprint density at radius 2 is 2.21 bits per heavy atom. The normalized spacial score (nSPS) is 16.4. The minimum atomic E-state index is 0.676. The summed E-state index contributed by atoms with van der Waals surface area (Å²) in [6.45, 7) is 6.29. The average molecular weight is 282 g/mol. The Labute approximate surface area is 121 Å². The Hall–Kier alpha value is -0.800. The maximum atomic E-state index is 6.22. The highest BCUT2D eigenvalue weighted by Crippen LogP contribution is 2.22. The van der Waals surface area contributed by atoms with Crippen molar-refractivity contribution in [2.75, 3.05) is 18.5 Å². The summed E-state index contributed by atoms with van der Waals surface area (Å²) >= 11 is 6.22. The summed E-state index contributed by atoms with van der Waals surface area (Å²) in [5.74, 6) is 1.69. The fourth-order valence-electron chi connectivity index (χ4n) is 2.03. The molecule has 0 radical (unpaired) electrons. The summed E-state index contributed by atoms with van der Waals surface area (Å²) in [6.07, 6.45) is 3.75. The highest BCUT2D eigenvalue weighted by atomic mass is 35.5. The van der Waals surface area contributed by atoms with Crippen molar-refractivity contribution in [3.63, 3.8) is 0 Å². The van der Waals surface area contributed by atoms with E-state index in [0.29, 0.717) is 12.0 Å². The van der Waals surface area contributed by atoms with Gasteiger partial charge in [-0.2, -0.15) is 0 Å². The smallest absolute Gasteiger partial charge is 0.128 e. The number of nitrogens with zero attached hydrogens (tertiary/aromatic N) is 2. The second-order valence-corrected chi connectivity index (χ2v) is 6.05. The van der Waals surface area contributed by atoms with Crippen LogP contribution < -0.4 is 10.2 Å². The molecule has 0 aliphatic heterocycles. The van der Waals surface area contributed by atoms with Gasteiger partial charge in [0.15, 0.2) is 0 Å². The Morgan fingerprint density at radius 1 is 1.47 bits per heavy atom. The molecule has 106 valence electrons. The number of rotatable bonds is 7. The van der Waals surface area contributed by atoms with Crippen molar-refractivity contribution in [1.82, 2.24) is 10.3 Å². The van der Waals surface area contributed by atoms with Gasteiger partial charge in [-0.15, -0.1) is 0 Å². The molecular formula is C15H24ClN3. The molecule has 1 heterocycles. The van der Waals surface area contributed by atoms with Gasteiger partial charge in [0, 0.05) is 26.2 Å². The molecule has 1 saturated carbocycles. The summed E-state index contributed by atoms with van der Waals surface area (Å²) in [6, 6.07) is 4.64. The molecule has 1 fully saturated rings. The summed E-state index contributed by atoms with van der Waals surface area (Å²) in [5.41, 5.74) is 0.960. The van der Waals surface area contributed by atoms with E-state index in [9.17, 15) is 0 Å². The van der Waals surface area contributed by atoms with Crippen LogP contribution in [0.4, 0.5) is 5.82 Å². The van der Waals surface area contributed by atoms with Gasteiger partial charge in [0.25, 0.3) is 0 Å². The molecule has 4 heteroatoms. The van der Waals surface area contributed by atoms with E-state index in [1.54, 1.807) is 0 Å². The van der Waals surface area contributed by atoms with Crippen LogP contribution in [-0.4, -0.2) is 24.6 Å². The molecule has 19 heavy (non-hydrogen) atoms. The number of nitrogens with one attached hydrogen (secondary N) is 1. The highest BCUT2D eigenvalue weighted by Gasteiger charge is 2.21. The minimum absolute atomic E-state index is 0.676. The molecule has 3 nitrogen and oxygen atoms in total. The number of pyridine rings is 1. The Balaban J connectivity index is 2.01. The Morgan fingerprint density at radius 3 is 2.84 bits per heavy atom. The molecule has 1 aliphatic carbocycles. The molecule has 1 aliphatic rings. The van der Waals surface area contributed by atoms with E-state index < -0.39 is 0 Å². The standard InChI is InChI=1S/C15H24ClN3/c1-4-11(2)10-19(3)15-8-7-13(16)14(18-15)9-17-12-5-6-12/h7-8,11-12,17H,4-6,9-10H2,1-3H3. The van der Waals surface area contributed by atoms with Crippen LogP contribution >= 0.6 is 11.6 Å². The molecule has 1 atom stereocenters. The van der Waals surface area contributed by atoms with E-state index in [-0.39, 0.29) is 0 Å². The van der Waals surface area contributed by atoms with Gasteiger partial charge in [-0.3, -0.25) is 0 Å². The first-order valence-corrected chi connectivity index (χ1v) is 7.58. The van der Waals surface area contributed by atoms with Crippen molar-refractivity contribution in [3.8, 4) is 0 Å². The van der Waals surface area contributed by atoms with Gasteiger partial charge in [-0.1, -0.05) is 31.9 Å². The molecule has 0 spiro atoms. The minimum Gasteiger partial charge on any atom is -0.359 e. The average Bonchev–Trinajstić information content (AvgIpc) is 3.21. The van der Waals surface area contributed by atoms with Crippen LogP contribution in [0.1, 0.15) is 38.8 Å².